The number of fused-ring (bicyclic) bond motifs is 1. The summed E-state index contributed by atoms with van der Waals surface area (Å²) < 4.78 is 45.4. The van der Waals surface area contributed by atoms with Gasteiger partial charge in [0.2, 0.25) is 0 Å². The van der Waals surface area contributed by atoms with Gasteiger partial charge in [0.05, 0.1) is 29.5 Å². The molecule has 3 aliphatic heterocycles. The number of ketones is 1. The van der Waals surface area contributed by atoms with Crippen LogP contribution in [0.4, 0.5) is 14.9 Å². The number of likely N-dealkylation sites (N-methyl/N-ethyl adjacent to an activating group) is 1. The zero-order valence-electron chi connectivity index (χ0n) is 31.7. The van der Waals surface area contributed by atoms with E-state index in [4.69, 9.17) is 23.7 Å². The number of nitrogens with zero attached hydrogens (tertiary/aromatic N) is 1. The molecule has 13 atom stereocenters. The summed E-state index contributed by atoms with van der Waals surface area (Å²) in [4.78, 5) is 42.3. The van der Waals surface area contributed by atoms with Crippen LogP contribution in [0.5, 0.6) is 0 Å². The lowest BCUT2D eigenvalue weighted by Crippen LogP contribution is -2.60. The topological polar surface area (TPSA) is 157 Å². The van der Waals surface area contributed by atoms with Crippen LogP contribution in [-0.2, 0) is 33.3 Å². The van der Waals surface area contributed by atoms with Crippen molar-refractivity contribution in [2.45, 2.75) is 128 Å². The van der Waals surface area contributed by atoms with Crippen LogP contribution < -0.4 is 16.0 Å². The molecule has 4 rings (SSSR count). The van der Waals surface area contributed by atoms with Crippen LogP contribution >= 0.6 is 0 Å². The number of amides is 1. The van der Waals surface area contributed by atoms with E-state index in [9.17, 15) is 23.9 Å². The largest absolute Gasteiger partial charge is 0.458 e. The van der Waals surface area contributed by atoms with Gasteiger partial charge in [0, 0.05) is 31.7 Å². The average molecular weight is 723 g/mol. The van der Waals surface area contributed by atoms with E-state index in [1.165, 1.54) is 13.0 Å². The number of halogens is 1. The Balaban J connectivity index is 1.67. The maximum atomic E-state index is 14.4. The molecule has 14 heteroatoms. The highest BCUT2D eigenvalue weighted by molar-refractivity contribution is 6.00. The molecule has 0 spiro atoms. The predicted octanol–water partition coefficient (Wildman–Crippen LogP) is 3.48. The summed E-state index contributed by atoms with van der Waals surface area (Å²) in [5.74, 6) is -3.72. The van der Waals surface area contributed by atoms with E-state index in [1.54, 1.807) is 39.2 Å². The molecule has 1 amide bonds. The normalized spacial score (nSPS) is 40.0. The predicted molar refractivity (Wildman–Crippen MR) is 188 cm³/mol. The molecular formula is C37H59FN4O9. The van der Waals surface area contributed by atoms with E-state index in [2.05, 4.69) is 16.0 Å². The van der Waals surface area contributed by atoms with Crippen molar-refractivity contribution in [3.8, 4) is 0 Å². The van der Waals surface area contributed by atoms with Crippen LogP contribution in [0.2, 0.25) is 0 Å². The minimum absolute atomic E-state index is 0.0260. The lowest BCUT2D eigenvalue weighted by molar-refractivity contribution is -0.296. The summed E-state index contributed by atoms with van der Waals surface area (Å²) in [5.41, 5.74) is -1.95. The summed E-state index contributed by atoms with van der Waals surface area (Å²) in [7, 11) is 5.25. The van der Waals surface area contributed by atoms with Crippen LogP contribution in [0.3, 0.4) is 0 Å². The summed E-state index contributed by atoms with van der Waals surface area (Å²) in [6, 6.07) is 5.18. The Morgan fingerprint density at radius 3 is 2.43 bits per heavy atom. The van der Waals surface area contributed by atoms with Crippen molar-refractivity contribution in [3.63, 3.8) is 0 Å². The molecule has 0 bridgehead atoms. The number of nitrogens with one attached hydrogen (secondary N) is 3. The maximum Gasteiger partial charge on any atom is 0.408 e. The smallest absolute Gasteiger partial charge is 0.408 e. The number of methoxy groups -OCH3 is 1. The third-order valence-electron chi connectivity index (χ3n) is 11.1. The monoisotopic (exact) mass is 722 g/mol. The van der Waals surface area contributed by atoms with Crippen LogP contribution in [-0.4, -0.2) is 122 Å². The quantitative estimate of drug-likeness (QED) is 0.229. The summed E-state index contributed by atoms with van der Waals surface area (Å²) in [6.07, 6.45) is -3.98. The molecule has 3 aliphatic rings. The highest BCUT2D eigenvalue weighted by atomic mass is 19.1. The minimum atomic E-state index is -1.20. The van der Waals surface area contributed by atoms with Crippen molar-refractivity contribution in [1.29, 1.82) is 0 Å². The first-order chi connectivity index (χ1) is 23.9. The Kier molecular flexibility index (Phi) is 13.5. The third-order valence-corrected chi connectivity index (χ3v) is 11.1. The van der Waals surface area contributed by atoms with Crippen LogP contribution in [0, 0.1) is 23.6 Å². The lowest BCUT2D eigenvalue weighted by atomic mass is 9.78. The van der Waals surface area contributed by atoms with Gasteiger partial charge in [-0.2, -0.15) is 0 Å². The Bertz CT molecular complexity index is 1370. The Morgan fingerprint density at radius 2 is 1.80 bits per heavy atom. The van der Waals surface area contributed by atoms with Gasteiger partial charge in [-0.3, -0.25) is 9.59 Å². The first-order valence-electron chi connectivity index (χ1n) is 18.1. The number of carbonyl (C=O) groups excluding carboxylic acids is 3. The molecule has 0 radical (unpaired) electrons. The van der Waals surface area contributed by atoms with Crippen LogP contribution in [0.15, 0.2) is 24.3 Å². The first kappa shape index (κ1) is 40.9. The number of ether oxygens (including phenoxy) is 5. The Hall–Kier alpha value is -2.88. The number of cyclic esters (lactones) is 1. The van der Waals surface area contributed by atoms with Gasteiger partial charge in [0.15, 0.2) is 17.7 Å². The van der Waals surface area contributed by atoms with Gasteiger partial charge in [0.1, 0.15) is 23.9 Å². The zero-order valence-corrected chi connectivity index (χ0v) is 31.7. The number of Topliss-reactive ketones (excluding diaryl/α,β-unsaturated/α-hetero) is 1. The fourth-order valence-corrected chi connectivity index (χ4v) is 7.98. The van der Waals surface area contributed by atoms with Crippen molar-refractivity contribution < 1.29 is 47.6 Å². The van der Waals surface area contributed by atoms with E-state index in [0.717, 1.165) is 0 Å². The second-order valence-electron chi connectivity index (χ2n) is 15.3. The molecule has 1 aromatic carbocycles. The molecule has 51 heavy (non-hydrogen) atoms. The number of hydrogen-bond acceptors (Lipinski definition) is 12. The Labute approximate surface area is 301 Å². The van der Waals surface area contributed by atoms with Gasteiger partial charge < -0.3 is 49.6 Å². The molecule has 13 nitrogen and oxygen atoms in total. The standard InChI is InChI=1S/C37H59FN4O9/c1-11-28-37(7)31(41-35(46)51-37)23(5)39-18-20(2)17-36(6,47-10)32(21(3)29(43)22(4)33(45)49-28)50-34-30(44)27(42(8)9)16-24(48-34)19-40-26-15-13-12-14-25(26)38/h12-15,20-24,27-28,30-32,34,39-40,44H,11,16-19H2,1-10H3,(H,41,46)/t20-,21+,22?,23-,24+,27?,28+,30?,31-,32-,34+,36-,37-/m1/s1. The molecule has 288 valence electrons. The van der Waals surface area contributed by atoms with Crippen molar-refractivity contribution in [3.05, 3.63) is 30.1 Å². The highest BCUT2D eigenvalue weighted by Gasteiger charge is 2.55. The summed E-state index contributed by atoms with van der Waals surface area (Å²) in [5, 5.41) is 21.1. The number of benzene rings is 1. The van der Waals surface area contributed by atoms with E-state index < -0.39 is 83.4 Å². The van der Waals surface area contributed by atoms with Gasteiger partial charge in [-0.25, -0.2) is 9.18 Å². The van der Waals surface area contributed by atoms with Gasteiger partial charge in [-0.15, -0.1) is 0 Å². The van der Waals surface area contributed by atoms with Crippen LogP contribution in [0.1, 0.15) is 67.7 Å². The number of anilines is 1. The zero-order chi connectivity index (χ0) is 37.8. The number of alkyl carbamates (subject to hydrolysis) is 1. The van der Waals surface area contributed by atoms with E-state index in [1.807, 2.05) is 46.7 Å². The summed E-state index contributed by atoms with van der Waals surface area (Å²) in [6.45, 7) is 13.4. The fraction of sp³-hybridized carbons (Fsp3) is 0.757. The fourth-order valence-electron chi connectivity index (χ4n) is 7.98. The number of aliphatic hydroxyl groups excluding tert-OH is 1. The molecule has 4 N–H and O–H groups in total. The average Bonchev–Trinajstić information content (AvgIpc) is 3.41. The molecule has 0 aliphatic carbocycles. The van der Waals surface area contributed by atoms with E-state index in [-0.39, 0.29) is 24.5 Å². The van der Waals surface area contributed by atoms with Gasteiger partial charge in [0.25, 0.3) is 0 Å². The number of carbonyl (C=O) groups is 3. The minimum Gasteiger partial charge on any atom is -0.458 e. The maximum absolute atomic E-state index is 14.4. The number of rotatable bonds is 8. The molecule has 1 aromatic rings. The van der Waals surface area contributed by atoms with E-state index >= 15 is 0 Å². The van der Waals surface area contributed by atoms with Gasteiger partial charge in [-0.05, 0) is 85.6 Å². The number of esters is 1. The number of para-hydroxylation sites is 1. The summed E-state index contributed by atoms with van der Waals surface area (Å²) >= 11 is 0. The SMILES string of the molecule is CC[C@@H]1OC(=O)C(C)C(=O)[C@H](C)[C@@H](O[C@@H]2O[C@H](CNc3ccccc3F)CC(N(C)C)C2O)[C@](C)(OC)C[C@@H](C)CN[C@H](C)[C@H]2NC(=O)O[C@]12C. The third kappa shape index (κ3) is 9.02. The molecule has 0 saturated carbocycles. The van der Waals surface area contributed by atoms with Gasteiger partial charge >= 0.3 is 12.1 Å². The first-order valence-corrected chi connectivity index (χ1v) is 18.1. The lowest BCUT2D eigenvalue weighted by Gasteiger charge is -2.47. The molecule has 3 unspecified atom stereocenters. The number of hydrogen-bond donors (Lipinski definition) is 4. The molecule has 3 heterocycles. The van der Waals surface area contributed by atoms with Gasteiger partial charge in [-0.1, -0.05) is 32.9 Å². The van der Waals surface area contributed by atoms with Crippen molar-refractivity contribution >= 4 is 23.5 Å². The van der Waals surface area contributed by atoms with E-state index in [0.29, 0.717) is 31.5 Å². The van der Waals surface area contributed by atoms with Crippen molar-refractivity contribution in [2.24, 2.45) is 17.8 Å². The van der Waals surface area contributed by atoms with Crippen LogP contribution in [0.25, 0.3) is 0 Å². The molecule has 3 fully saturated rings. The molecule has 3 saturated heterocycles. The van der Waals surface area contributed by atoms with Crippen molar-refractivity contribution in [1.82, 2.24) is 15.5 Å². The second-order valence-corrected chi connectivity index (χ2v) is 15.3. The molecular weight excluding hydrogens is 663 g/mol. The Morgan fingerprint density at radius 1 is 1.12 bits per heavy atom. The number of aliphatic hydroxyl groups is 1. The second kappa shape index (κ2) is 16.9. The highest BCUT2D eigenvalue weighted by Crippen LogP contribution is 2.38. The van der Waals surface area contributed by atoms with Crippen molar-refractivity contribution in [2.75, 3.05) is 39.6 Å². The molecule has 0 aromatic heterocycles.